The fourth-order valence-electron chi connectivity index (χ4n) is 15.2. The Kier molecular flexibility index (Phi) is 35.4. The van der Waals surface area contributed by atoms with E-state index in [1.54, 1.807) is 55.2 Å². The molecule has 11 heterocycles. The van der Waals surface area contributed by atoms with Gasteiger partial charge in [0.25, 0.3) is 0 Å². The molecule has 1 aliphatic rings. The summed E-state index contributed by atoms with van der Waals surface area (Å²) in [5.74, 6) is -1.60. The minimum atomic E-state index is -4.24. The standard InChI is InChI=1S/C23H27ClN4O4S.C18H17Cl2N3O3S.C17H17ClN2O3S.C16H16ClN3O2S.C16H15ClN2O3S.Na/c1-15-22(21(30)14-27-9-6-19(29)7-10-27)23-20(28(15)18-4-2-17(24)3-5-18)12-16(13-26-23)8-11-33(25,31)32;1-11-17(16(24)9-19)18-15(23(11)14-4-2-13(20)3-5-14)8-12(10-22-18)6-7-27(21,25)26;1-12-8-16-17(20(12)15-4-2-14(18)3-5-15)9-13(10-19-16)6-7-23-11-24(21)22;1-11-8-15-16(20(11)14-4-2-13(17)3-5-14)9-12(10-19-15)6-7-23(18,21)22;1-11-8-15-16(19(11)14-4-2-13(17)3-5-14)9-12(10-18-15)6-7-23(20,21)22;/h2-5,12-13,19,29H,6-11,14H2,1H3,(H2,25,31,32);2-5,8,10H,6-7,9H2,1H3,(H2,21,25,26);2-5,8-10H,6-7,11H2,1H3,(H,21,22);2-5,8-10H,6-7H2,1H3,(H2,18,21,22);2-5,8-10H,6-7H2,1H3,(H,20,21,22);/q;;;;;+1/p-2. The van der Waals surface area contributed by atoms with Crippen molar-refractivity contribution in [2.75, 3.05) is 61.1 Å². The van der Waals surface area contributed by atoms with Crippen molar-refractivity contribution >= 4 is 188 Å². The third-order valence-electron chi connectivity index (χ3n) is 21.3. The van der Waals surface area contributed by atoms with Crippen molar-refractivity contribution in [2.24, 2.45) is 15.4 Å². The number of halogens is 6. The minimum Gasteiger partial charge on any atom is -0.771 e. The van der Waals surface area contributed by atoms with Crippen LogP contribution in [0.3, 0.4) is 0 Å². The Morgan fingerprint density at radius 1 is 0.435 bits per heavy atom. The first kappa shape index (κ1) is 103. The van der Waals surface area contributed by atoms with Crippen molar-refractivity contribution in [1.29, 1.82) is 0 Å². The van der Waals surface area contributed by atoms with E-state index in [1.165, 1.54) is 0 Å². The maximum atomic E-state index is 13.4. The van der Waals surface area contributed by atoms with Crippen LogP contribution in [0, 0.1) is 34.6 Å². The van der Waals surface area contributed by atoms with Gasteiger partial charge in [0.15, 0.2) is 11.6 Å². The summed E-state index contributed by atoms with van der Waals surface area (Å²) < 4.78 is 136. The molecule has 29 nitrogen and oxygen atoms in total. The van der Waals surface area contributed by atoms with Gasteiger partial charge >= 0.3 is 29.6 Å². The van der Waals surface area contributed by atoms with Gasteiger partial charge in [-0.15, -0.1) is 11.6 Å². The minimum absolute atomic E-state index is 0. The molecule has 1 saturated heterocycles. The van der Waals surface area contributed by atoms with Crippen molar-refractivity contribution in [3.63, 3.8) is 0 Å². The molecule has 5 aromatic carbocycles. The topological polar surface area (TPSA) is 434 Å². The molecule has 0 saturated carbocycles. The molecule has 7 N–H and O–H groups in total. The number of Topliss-reactive ketones (excluding diaryl/α,β-unsaturated/α-hetero) is 2. The first-order valence-corrected chi connectivity index (χ1v) is 50.8. The molecule has 1 aliphatic heterocycles. The van der Waals surface area contributed by atoms with Crippen molar-refractivity contribution in [3.8, 4) is 28.4 Å². The second-order valence-electron chi connectivity index (χ2n) is 30.9. The molecule has 0 spiro atoms. The smallest absolute Gasteiger partial charge is 0.771 e. The molecule has 1 atom stereocenters. The van der Waals surface area contributed by atoms with Crippen molar-refractivity contribution in [2.45, 2.75) is 85.7 Å². The molecule has 0 bridgehead atoms. The number of aliphatic hydroxyl groups excluding tert-OH is 1. The average molecular weight is 2000 g/mol. The summed E-state index contributed by atoms with van der Waals surface area (Å²) in [6.45, 7) is 11.6. The number of rotatable bonds is 27. The van der Waals surface area contributed by atoms with Crippen LogP contribution in [0.2, 0.25) is 25.1 Å². The number of aromatic nitrogens is 10. The van der Waals surface area contributed by atoms with Crippen LogP contribution in [-0.2, 0) is 88.1 Å². The summed E-state index contributed by atoms with van der Waals surface area (Å²) in [7, 11) is -14.9. The van der Waals surface area contributed by atoms with E-state index in [9.17, 15) is 61.7 Å². The van der Waals surface area contributed by atoms with Crippen LogP contribution in [0.15, 0.2) is 201 Å². The number of piperidine rings is 1. The van der Waals surface area contributed by atoms with Crippen molar-refractivity contribution in [3.05, 3.63) is 293 Å². The number of pyridine rings is 5. The molecule has 0 radical (unpaired) electrons. The number of carbonyl (C=O) groups is 2. The van der Waals surface area contributed by atoms with Gasteiger partial charge in [0.2, 0.25) is 30.1 Å². The largest absolute Gasteiger partial charge is 1.00 e. The predicted molar refractivity (Wildman–Crippen MR) is 512 cm³/mol. The normalized spacial score (nSPS) is 13.0. The van der Waals surface area contributed by atoms with Crippen molar-refractivity contribution in [1.82, 2.24) is 52.7 Å². The van der Waals surface area contributed by atoms with E-state index in [1.807, 2.05) is 188 Å². The first-order chi connectivity index (χ1) is 61.5. The number of carbonyl (C=O) groups excluding carboxylic acids is 2. The van der Waals surface area contributed by atoms with Crippen LogP contribution < -0.4 is 45.0 Å². The summed E-state index contributed by atoms with van der Waals surface area (Å²) in [5, 5.41) is 28.3. The molecule has 131 heavy (non-hydrogen) atoms. The fraction of sp³-hybridized carbons (Fsp3) is 0.256. The number of primary sulfonamides is 3. The Hall–Kier alpha value is -8.74. The summed E-state index contributed by atoms with van der Waals surface area (Å²) >= 11 is 33.5. The van der Waals surface area contributed by atoms with Gasteiger partial charge in [-0.1, -0.05) is 58.0 Å². The van der Waals surface area contributed by atoms with Gasteiger partial charge in [0, 0.05) is 132 Å². The predicted octanol–water partition coefficient (Wildman–Crippen LogP) is 12.0. The molecule has 10 aromatic heterocycles. The molecule has 0 aliphatic carbocycles. The summed E-state index contributed by atoms with van der Waals surface area (Å²) in [6, 6.07) is 52.6. The molecule has 1 fully saturated rings. The SMILES string of the molecule is Cc1c(C(=O)CCl)c2ncc(CCS(N)(=O)=O)cc2n1-c1ccc(Cl)cc1.Cc1c(C(=O)CN2CCC(O)CC2)c2ncc(CCS(N)(=O)=O)cc2n1-c1ccc(Cl)cc1.Cc1cc2ncc(CCOCS(=O)[O-])cc2n1-c1ccc(Cl)cc1.Cc1cc2ncc(CCS(=O)(=O)[O-])cc2n1-c1ccc(Cl)cc1.Cc1cc2ncc(CCS(N)(=O)=O)cc2n1-c1ccc(Cl)cc1.[Na+]. The van der Waals surface area contributed by atoms with Gasteiger partial charge in [-0.25, -0.2) is 49.1 Å². The maximum absolute atomic E-state index is 13.4. The number of nitrogens with zero attached hydrogens (tertiary/aromatic N) is 11. The number of nitrogens with two attached hydrogens (primary N) is 3. The zero-order valence-corrected chi connectivity index (χ0v) is 82.4. The summed E-state index contributed by atoms with van der Waals surface area (Å²) in [6.07, 6.45) is 10.8. The number of aliphatic hydroxyl groups is 1. The van der Waals surface area contributed by atoms with Gasteiger partial charge in [-0.2, -0.15) is 0 Å². The summed E-state index contributed by atoms with van der Waals surface area (Å²) in [4.78, 5) is 50.1. The van der Waals surface area contributed by atoms with Crippen LogP contribution >= 0.6 is 69.6 Å². The maximum Gasteiger partial charge on any atom is 1.00 e. The van der Waals surface area contributed by atoms with Crippen LogP contribution in [0.1, 0.15) is 89.8 Å². The molecule has 16 rings (SSSR count). The van der Waals surface area contributed by atoms with Crippen LogP contribution in [0.5, 0.6) is 0 Å². The number of sulfonamides is 3. The van der Waals surface area contributed by atoms with E-state index in [2.05, 4.69) is 45.0 Å². The van der Waals surface area contributed by atoms with Gasteiger partial charge in [-0.3, -0.25) is 43.6 Å². The number of ketones is 2. The first-order valence-electron chi connectivity index (χ1n) is 40.4. The monoisotopic (exact) mass is 2000 g/mol. The Morgan fingerprint density at radius 3 is 1.02 bits per heavy atom. The zero-order chi connectivity index (χ0) is 93.8. The number of hydrogen-bond donors (Lipinski definition) is 4. The Bertz CT molecular complexity index is 7030. The Labute approximate surface area is 812 Å². The van der Waals surface area contributed by atoms with E-state index < -0.39 is 57.0 Å². The van der Waals surface area contributed by atoms with Gasteiger partial charge < -0.3 is 41.8 Å². The molecule has 0 amide bonds. The molecule has 15 aromatic rings. The fourth-order valence-corrected chi connectivity index (χ4v) is 18.2. The number of fused-ring (bicyclic) bond motifs is 5. The van der Waals surface area contributed by atoms with E-state index in [4.69, 9.17) is 89.8 Å². The Balaban J connectivity index is 0.000000159. The number of hydrogen-bond acceptors (Lipinski definition) is 21. The molecule has 1 unspecified atom stereocenters. The van der Waals surface area contributed by atoms with E-state index in [-0.39, 0.29) is 102 Å². The van der Waals surface area contributed by atoms with Gasteiger partial charge in [0.05, 0.1) is 119 Å². The number of aryl methyl sites for hydroxylation is 7. The zero-order valence-electron chi connectivity index (χ0n) is 71.8. The van der Waals surface area contributed by atoms with Gasteiger partial charge in [-0.05, 0) is 288 Å². The quantitative estimate of drug-likeness (QED) is 0.00927. The summed E-state index contributed by atoms with van der Waals surface area (Å²) in [5.41, 5.74) is 22.0. The number of ether oxygens (including phenoxy) is 1. The van der Waals surface area contributed by atoms with E-state index in [0.717, 1.165) is 101 Å². The van der Waals surface area contributed by atoms with E-state index in [0.29, 0.717) is 121 Å². The average Bonchev–Trinajstić information content (AvgIpc) is 1.57. The van der Waals surface area contributed by atoms with Crippen LogP contribution in [0.25, 0.3) is 83.6 Å². The molecule has 684 valence electrons. The van der Waals surface area contributed by atoms with Crippen LogP contribution in [0.4, 0.5) is 0 Å². The Morgan fingerprint density at radius 2 is 0.718 bits per heavy atom. The van der Waals surface area contributed by atoms with Crippen molar-refractivity contribution < 1.29 is 96.0 Å². The second-order valence-corrected chi connectivity index (χ2v) is 41.0. The van der Waals surface area contributed by atoms with E-state index >= 15 is 0 Å². The molecule has 41 heteroatoms. The second kappa shape index (κ2) is 45.1. The van der Waals surface area contributed by atoms with Gasteiger partial charge in [0.1, 0.15) is 5.94 Å². The number of alkyl halides is 1. The number of likely N-dealkylation sites (tertiary alicyclic amines) is 1. The molecular weight excluding hydrogens is 1910 g/mol. The molecular formula is C90H90Cl6N14NaO15S5-. The number of benzene rings is 5. The third-order valence-corrected chi connectivity index (χ3v) is 26.2. The third kappa shape index (κ3) is 27.8. The van der Waals surface area contributed by atoms with Crippen LogP contribution in [-0.4, -0.2) is 183 Å².